The number of hydrogen-bond donors (Lipinski definition) is 0. The maximum atomic E-state index is 12.1. The molecule has 0 fully saturated rings. The summed E-state index contributed by atoms with van der Waals surface area (Å²) in [7, 11) is 3.53. The number of hydrogen-bond acceptors (Lipinski definition) is 3. The SMILES string of the molecule is COc1ccc(CCC(=O)N(C)CCc2cccs2)cc1. The molecule has 0 saturated heterocycles. The van der Waals surface area contributed by atoms with Crippen molar-refractivity contribution in [3.63, 3.8) is 0 Å². The lowest BCUT2D eigenvalue weighted by atomic mass is 10.1. The molecule has 0 saturated carbocycles. The fourth-order valence-corrected chi connectivity index (χ4v) is 2.79. The zero-order valence-corrected chi connectivity index (χ0v) is 13.4. The second-order valence-corrected chi connectivity index (χ2v) is 6.02. The molecule has 3 nitrogen and oxygen atoms in total. The fourth-order valence-electron chi connectivity index (χ4n) is 2.09. The Hall–Kier alpha value is -1.81. The molecule has 1 aromatic carbocycles. The Morgan fingerprint density at radius 1 is 1.19 bits per heavy atom. The molecule has 0 bridgehead atoms. The van der Waals surface area contributed by atoms with E-state index in [0.29, 0.717) is 6.42 Å². The van der Waals surface area contributed by atoms with Crippen LogP contribution in [0.3, 0.4) is 0 Å². The standard InChI is InChI=1S/C17H21NO2S/c1-18(12-11-16-4-3-13-21-16)17(19)10-7-14-5-8-15(20-2)9-6-14/h3-6,8-9,13H,7,10-12H2,1-2H3. The number of amides is 1. The third kappa shape index (κ3) is 4.90. The molecule has 0 aliphatic heterocycles. The van der Waals surface area contributed by atoms with E-state index in [1.165, 1.54) is 4.88 Å². The maximum Gasteiger partial charge on any atom is 0.222 e. The molecule has 0 atom stereocenters. The lowest BCUT2D eigenvalue weighted by Crippen LogP contribution is -2.28. The monoisotopic (exact) mass is 303 g/mol. The number of benzene rings is 1. The van der Waals surface area contributed by atoms with Crippen molar-refractivity contribution in [2.24, 2.45) is 0 Å². The van der Waals surface area contributed by atoms with E-state index in [2.05, 4.69) is 11.4 Å². The predicted octanol–water partition coefficient (Wildman–Crippen LogP) is 3.39. The van der Waals surface area contributed by atoms with E-state index < -0.39 is 0 Å². The summed E-state index contributed by atoms with van der Waals surface area (Å²) in [6.45, 7) is 0.780. The summed E-state index contributed by atoms with van der Waals surface area (Å²) >= 11 is 1.74. The number of thiophene rings is 1. The summed E-state index contributed by atoms with van der Waals surface area (Å²) in [6, 6.07) is 12.0. The minimum Gasteiger partial charge on any atom is -0.497 e. The molecular formula is C17H21NO2S. The molecule has 2 rings (SSSR count). The highest BCUT2D eigenvalue weighted by atomic mass is 32.1. The molecule has 0 radical (unpaired) electrons. The van der Waals surface area contributed by atoms with Gasteiger partial charge in [-0.3, -0.25) is 4.79 Å². The normalized spacial score (nSPS) is 10.4. The van der Waals surface area contributed by atoms with E-state index in [0.717, 1.165) is 30.7 Å². The van der Waals surface area contributed by atoms with Gasteiger partial charge in [-0.05, 0) is 42.0 Å². The molecule has 0 spiro atoms. The average Bonchev–Trinajstić information content (AvgIpc) is 3.04. The van der Waals surface area contributed by atoms with Crippen LogP contribution in [0.15, 0.2) is 41.8 Å². The van der Waals surface area contributed by atoms with E-state index in [1.54, 1.807) is 18.4 Å². The molecule has 2 aromatic rings. The smallest absolute Gasteiger partial charge is 0.222 e. The number of likely N-dealkylation sites (N-methyl/N-ethyl adjacent to an activating group) is 1. The zero-order valence-electron chi connectivity index (χ0n) is 12.5. The van der Waals surface area contributed by atoms with Crippen LogP contribution in [0.1, 0.15) is 16.9 Å². The van der Waals surface area contributed by atoms with Crippen molar-refractivity contribution in [3.05, 3.63) is 52.2 Å². The Morgan fingerprint density at radius 2 is 1.95 bits per heavy atom. The van der Waals surface area contributed by atoms with Crippen LogP contribution < -0.4 is 4.74 Å². The number of carbonyl (C=O) groups excluding carboxylic acids is 1. The first-order chi connectivity index (χ1) is 10.2. The predicted molar refractivity (Wildman–Crippen MR) is 87.0 cm³/mol. The maximum absolute atomic E-state index is 12.1. The van der Waals surface area contributed by atoms with Crippen LogP contribution in [-0.2, 0) is 17.6 Å². The topological polar surface area (TPSA) is 29.5 Å². The molecule has 0 aliphatic rings. The minimum absolute atomic E-state index is 0.197. The Morgan fingerprint density at radius 3 is 2.57 bits per heavy atom. The number of methoxy groups -OCH3 is 1. The Labute approximate surface area is 130 Å². The van der Waals surface area contributed by atoms with Gasteiger partial charge in [0, 0.05) is 24.9 Å². The molecule has 0 N–H and O–H groups in total. The summed E-state index contributed by atoms with van der Waals surface area (Å²) in [4.78, 5) is 15.3. The van der Waals surface area contributed by atoms with E-state index in [9.17, 15) is 4.79 Å². The number of carbonyl (C=O) groups is 1. The molecule has 1 heterocycles. The van der Waals surface area contributed by atoms with Crippen molar-refractivity contribution in [2.75, 3.05) is 20.7 Å². The Balaban J connectivity index is 1.74. The van der Waals surface area contributed by atoms with Gasteiger partial charge in [-0.2, -0.15) is 0 Å². The first-order valence-electron chi connectivity index (χ1n) is 7.08. The van der Waals surface area contributed by atoms with Gasteiger partial charge in [-0.1, -0.05) is 18.2 Å². The summed E-state index contributed by atoms with van der Waals surface area (Å²) in [5.74, 6) is 1.04. The van der Waals surface area contributed by atoms with Gasteiger partial charge in [0.05, 0.1) is 7.11 Å². The van der Waals surface area contributed by atoms with Crippen LogP contribution in [0.5, 0.6) is 5.75 Å². The van der Waals surface area contributed by atoms with Crippen LogP contribution in [0.2, 0.25) is 0 Å². The third-order valence-electron chi connectivity index (χ3n) is 3.49. The quantitative estimate of drug-likeness (QED) is 0.784. The van der Waals surface area contributed by atoms with Gasteiger partial charge >= 0.3 is 0 Å². The van der Waals surface area contributed by atoms with E-state index in [4.69, 9.17) is 4.74 Å². The second kappa shape index (κ2) is 7.84. The molecule has 0 unspecified atom stereocenters. The lowest BCUT2D eigenvalue weighted by molar-refractivity contribution is -0.129. The molecule has 1 aromatic heterocycles. The number of rotatable bonds is 7. The average molecular weight is 303 g/mol. The van der Waals surface area contributed by atoms with Crippen molar-refractivity contribution < 1.29 is 9.53 Å². The molecule has 112 valence electrons. The molecule has 4 heteroatoms. The summed E-state index contributed by atoms with van der Waals surface area (Å²) in [6.07, 6.45) is 2.25. The Bertz CT molecular complexity index is 549. The zero-order chi connectivity index (χ0) is 15.1. The highest BCUT2D eigenvalue weighted by Crippen LogP contribution is 2.13. The van der Waals surface area contributed by atoms with Gasteiger partial charge in [0.15, 0.2) is 0 Å². The minimum atomic E-state index is 0.197. The highest BCUT2D eigenvalue weighted by Gasteiger charge is 2.09. The van der Waals surface area contributed by atoms with Crippen molar-refractivity contribution in [1.82, 2.24) is 4.90 Å². The van der Waals surface area contributed by atoms with E-state index in [-0.39, 0.29) is 5.91 Å². The van der Waals surface area contributed by atoms with Gasteiger partial charge in [-0.25, -0.2) is 0 Å². The number of aryl methyl sites for hydroxylation is 1. The van der Waals surface area contributed by atoms with Gasteiger partial charge in [0.25, 0.3) is 0 Å². The first-order valence-corrected chi connectivity index (χ1v) is 7.96. The highest BCUT2D eigenvalue weighted by molar-refractivity contribution is 7.09. The number of ether oxygens (including phenoxy) is 1. The summed E-state index contributed by atoms with van der Waals surface area (Å²) in [5.41, 5.74) is 1.16. The summed E-state index contributed by atoms with van der Waals surface area (Å²) in [5, 5.41) is 2.07. The fraction of sp³-hybridized carbons (Fsp3) is 0.353. The summed E-state index contributed by atoms with van der Waals surface area (Å²) < 4.78 is 5.13. The molecule has 21 heavy (non-hydrogen) atoms. The number of nitrogens with zero attached hydrogens (tertiary/aromatic N) is 1. The van der Waals surface area contributed by atoms with Crippen molar-refractivity contribution >= 4 is 17.2 Å². The van der Waals surface area contributed by atoms with Gasteiger partial charge < -0.3 is 9.64 Å². The van der Waals surface area contributed by atoms with Crippen LogP contribution in [-0.4, -0.2) is 31.5 Å². The lowest BCUT2D eigenvalue weighted by Gasteiger charge is -2.16. The van der Waals surface area contributed by atoms with Gasteiger partial charge in [0.1, 0.15) is 5.75 Å². The third-order valence-corrected chi connectivity index (χ3v) is 4.42. The van der Waals surface area contributed by atoms with Crippen LogP contribution in [0.4, 0.5) is 0 Å². The first kappa shape index (κ1) is 15.6. The van der Waals surface area contributed by atoms with E-state index in [1.807, 2.05) is 42.3 Å². The Kier molecular flexibility index (Phi) is 5.81. The van der Waals surface area contributed by atoms with Crippen LogP contribution in [0.25, 0.3) is 0 Å². The van der Waals surface area contributed by atoms with Crippen molar-refractivity contribution in [3.8, 4) is 5.75 Å². The molecule has 0 aliphatic carbocycles. The van der Waals surface area contributed by atoms with Gasteiger partial charge in [0.2, 0.25) is 5.91 Å². The van der Waals surface area contributed by atoms with Gasteiger partial charge in [-0.15, -0.1) is 11.3 Å². The van der Waals surface area contributed by atoms with Crippen molar-refractivity contribution in [2.45, 2.75) is 19.3 Å². The molecular weight excluding hydrogens is 282 g/mol. The van der Waals surface area contributed by atoms with Crippen molar-refractivity contribution in [1.29, 1.82) is 0 Å². The van der Waals surface area contributed by atoms with Crippen LogP contribution in [0, 0.1) is 0 Å². The van der Waals surface area contributed by atoms with E-state index >= 15 is 0 Å². The second-order valence-electron chi connectivity index (χ2n) is 4.99. The largest absolute Gasteiger partial charge is 0.497 e. The van der Waals surface area contributed by atoms with Crippen LogP contribution >= 0.6 is 11.3 Å². The molecule has 1 amide bonds.